The van der Waals surface area contributed by atoms with Crippen molar-refractivity contribution in [2.24, 2.45) is 0 Å². The van der Waals surface area contributed by atoms with E-state index >= 15 is 0 Å². The highest BCUT2D eigenvalue weighted by Crippen LogP contribution is 2.44. The van der Waals surface area contributed by atoms with Crippen LogP contribution in [0.25, 0.3) is 0 Å². The number of halogens is 2. The number of carbonyl (C=O) groups is 1. The van der Waals surface area contributed by atoms with Gasteiger partial charge in [-0.1, -0.05) is 45.7 Å². The third-order valence-electron chi connectivity index (χ3n) is 4.20. The Labute approximate surface area is 175 Å². The van der Waals surface area contributed by atoms with E-state index in [4.69, 9.17) is 16.3 Å². The number of amides is 1. The lowest BCUT2D eigenvalue weighted by molar-refractivity contribution is -0.115. The van der Waals surface area contributed by atoms with Crippen molar-refractivity contribution in [3.8, 4) is 11.5 Å². The molecule has 3 nitrogen and oxygen atoms in total. The minimum absolute atomic E-state index is 0.0453. The number of anilines is 1. The van der Waals surface area contributed by atoms with Gasteiger partial charge in [0, 0.05) is 15.2 Å². The molecule has 1 aliphatic rings. The van der Waals surface area contributed by atoms with Crippen LogP contribution in [0.3, 0.4) is 0 Å². The van der Waals surface area contributed by atoms with Gasteiger partial charge in [0.2, 0.25) is 5.91 Å². The van der Waals surface area contributed by atoms with Gasteiger partial charge in [-0.15, -0.1) is 11.8 Å². The highest BCUT2D eigenvalue weighted by molar-refractivity contribution is 9.10. The third-order valence-corrected chi connectivity index (χ3v) is 6.37. The van der Waals surface area contributed by atoms with Crippen LogP contribution in [0.15, 0.2) is 77.3 Å². The van der Waals surface area contributed by atoms with Crippen LogP contribution in [0, 0.1) is 0 Å². The number of benzene rings is 3. The lowest BCUT2D eigenvalue weighted by Crippen LogP contribution is -2.27. The minimum atomic E-state index is -0.0453. The van der Waals surface area contributed by atoms with Crippen LogP contribution in [0.5, 0.6) is 11.5 Å². The van der Waals surface area contributed by atoms with Crippen LogP contribution < -0.4 is 9.64 Å². The summed E-state index contributed by atoms with van der Waals surface area (Å²) in [5.41, 5.74) is 1.95. The summed E-state index contributed by atoms with van der Waals surface area (Å²) in [5.74, 6) is 1.99. The maximum atomic E-state index is 12.5. The Morgan fingerprint density at radius 3 is 2.26 bits per heavy atom. The standard InChI is InChI=1S/C21H15BrClNO2S/c22-19-4-2-1-3-18(19)21-24(20(25)13-27-21)15-7-11-17(12-8-15)26-16-9-5-14(23)6-10-16/h1-12,21H,13H2/t21-/m0/s1. The first-order chi connectivity index (χ1) is 13.1. The van der Waals surface area contributed by atoms with Crippen molar-refractivity contribution >= 4 is 50.9 Å². The van der Waals surface area contributed by atoms with Crippen LogP contribution in [-0.2, 0) is 4.79 Å². The Morgan fingerprint density at radius 1 is 0.963 bits per heavy atom. The van der Waals surface area contributed by atoms with Crippen LogP contribution >= 0.6 is 39.3 Å². The van der Waals surface area contributed by atoms with E-state index in [9.17, 15) is 4.79 Å². The Bertz CT molecular complexity index is 963. The van der Waals surface area contributed by atoms with E-state index in [2.05, 4.69) is 15.9 Å². The average molecular weight is 461 g/mol. The summed E-state index contributed by atoms with van der Waals surface area (Å²) < 4.78 is 6.84. The summed E-state index contributed by atoms with van der Waals surface area (Å²) in [6, 6.07) is 22.8. The summed E-state index contributed by atoms with van der Waals surface area (Å²) in [4.78, 5) is 14.4. The van der Waals surface area contributed by atoms with E-state index in [1.54, 1.807) is 23.9 Å². The molecule has 0 N–H and O–H groups in total. The summed E-state index contributed by atoms with van der Waals surface area (Å²) in [5, 5.41) is 0.622. The van der Waals surface area contributed by atoms with Gasteiger partial charge in [0.25, 0.3) is 0 Å². The highest BCUT2D eigenvalue weighted by Gasteiger charge is 2.34. The second-order valence-electron chi connectivity index (χ2n) is 6.00. The predicted octanol–water partition coefficient (Wildman–Crippen LogP) is 6.67. The van der Waals surface area contributed by atoms with Crippen molar-refractivity contribution in [3.05, 3.63) is 87.9 Å². The van der Waals surface area contributed by atoms with Gasteiger partial charge in [0.1, 0.15) is 16.9 Å². The maximum absolute atomic E-state index is 12.5. The first-order valence-corrected chi connectivity index (χ1v) is 10.6. The number of hydrogen-bond acceptors (Lipinski definition) is 3. The first kappa shape index (κ1) is 18.4. The van der Waals surface area contributed by atoms with E-state index in [0.29, 0.717) is 22.3 Å². The molecular formula is C21H15BrClNO2S. The first-order valence-electron chi connectivity index (χ1n) is 8.33. The van der Waals surface area contributed by atoms with E-state index in [0.717, 1.165) is 15.7 Å². The molecule has 3 aromatic rings. The zero-order valence-corrected chi connectivity index (χ0v) is 17.3. The fraction of sp³-hybridized carbons (Fsp3) is 0.0952. The molecule has 1 amide bonds. The Morgan fingerprint density at radius 2 is 1.59 bits per heavy atom. The van der Waals surface area contributed by atoms with Gasteiger partial charge in [0.05, 0.1) is 5.75 Å². The van der Waals surface area contributed by atoms with Gasteiger partial charge >= 0.3 is 0 Å². The van der Waals surface area contributed by atoms with Gasteiger partial charge in [-0.3, -0.25) is 9.69 Å². The number of rotatable bonds is 4. The summed E-state index contributed by atoms with van der Waals surface area (Å²) in [7, 11) is 0. The number of hydrogen-bond donors (Lipinski definition) is 0. The summed E-state index contributed by atoms with van der Waals surface area (Å²) in [6.07, 6.45) is 0. The third kappa shape index (κ3) is 4.00. The molecular weight excluding hydrogens is 446 g/mol. The molecule has 1 aliphatic heterocycles. The normalized spacial score (nSPS) is 16.6. The van der Waals surface area contributed by atoms with Crippen molar-refractivity contribution in [2.45, 2.75) is 5.37 Å². The monoisotopic (exact) mass is 459 g/mol. The Hall–Kier alpha value is -1.95. The molecule has 0 aliphatic carbocycles. The molecule has 1 fully saturated rings. The Kier molecular flexibility index (Phi) is 5.43. The van der Waals surface area contributed by atoms with Crippen molar-refractivity contribution in [1.82, 2.24) is 0 Å². The number of thioether (sulfide) groups is 1. The molecule has 6 heteroatoms. The summed E-state index contributed by atoms with van der Waals surface area (Å²) >= 11 is 11.1. The molecule has 0 aromatic heterocycles. The fourth-order valence-electron chi connectivity index (χ4n) is 2.92. The van der Waals surface area contributed by atoms with E-state index in [1.807, 2.05) is 65.6 Å². The van der Waals surface area contributed by atoms with E-state index < -0.39 is 0 Å². The zero-order chi connectivity index (χ0) is 18.8. The highest BCUT2D eigenvalue weighted by atomic mass is 79.9. The molecule has 0 saturated carbocycles. The molecule has 1 saturated heterocycles. The van der Waals surface area contributed by atoms with Gasteiger partial charge in [0.15, 0.2) is 0 Å². The van der Waals surface area contributed by atoms with E-state index in [-0.39, 0.29) is 11.3 Å². The topological polar surface area (TPSA) is 29.5 Å². The van der Waals surface area contributed by atoms with Gasteiger partial charge in [-0.25, -0.2) is 0 Å². The number of nitrogens with zero attached hydrogens (tertiary/aromatic N) is 1. The fourth-order valence-corrected chi connectivity index (χ4v) is 4.91. The molecule has 4 rings (SSSR count). The zero-order valence-electron chi connectivity index (χ0n) is 14.1. The van der Waals surface area contributed by atoms with E-state index in [1.165, 1.54) is 0 Å². The molecule has 0 radical (unpaired) electrons. The van der Waals surface area contributed by atoms with Gasteiger partial charge in [-0.05, 0) is 60.2 Å². The predicted molar refractivity (Wildman–Crippen MR) is 115 cm³/mol. The lowest BCUT2D eigenvalue weighted by atomic mass is 10.2. The molecule has 3 aromatic carbocycles. The van der Waals surface area contributed by atoms with Gasteiger partial charge < -0.3 is 4.74 Å². The number of ether oxygens (including phenoxy) is 1. The van der Waals surface area contributed by atoms with Crippen molar-refractivity contribution in [1.29, 1.82) is 0 Å². The smallest absolute Gasteiger partial charge is 0.238 e. The SMILES string of the molecule is O=C1CS[C@@H](c2ccccc2Br)N1c1ccc(Oc2ccc(Cl)cc2)cc1. The average Bonchev–Trinajstić information content (AvgIpc) is 3.06. The summed E-state index contributed by atoms with van der Waals surface area (Å²) in [6.45, 7) is 0. The minimum Gasteiger partial charge on any atom is -0.457 e. The largest absolute Gasteiger partial charge is 0.457 e. The van der Waals surface area contributed by atoms with Crippen molar-refractivity contribution in [3.63, 3.8) is 0 Å². The van der Waals surface area contributed by atoms with Crippen LogP contribution in [-0.4, -0.2) is 11.7 Å². The van der Waals surface area contributed by atoms with Crippen LogP contribution in [0.4, 0.5) is 5.69 Å². The molecule has 0 unspecified atom stereocenters. The van der Waals surface area contributed by atoms with Gasteiger partial charge in [-0.2, -0.15) is 0 Å². The molecule has 0 bridgehead atoms. The number of carbonyl (C=O) groups excluding carboxylic acids is 1. The molecule has 136 valence electrons. The second-order valence-corrected chi connectivity index (χ2v) is 8.36. The quantitative estimate of drug-likeness (QED) is 0.435. The lowest BCUT2D eigenvalue weighted by Gasteiger charge is -2.25. The van der Waals surface area contributed by atoms with Crippen LogP contribution in [0.1, 0.15) is 10.9 Å². The second kappa shape index (κ2) is 7.97. The molecule has 1 atom stereocenters. The molecule has 27 heavy (non-hydrogen) atoms. The van der Waals surface area contributed by atoms with Crippen LogP contribution in [0.2, 0.25) is 5.02 Å². The van der Waals surface area contributed by atoms with Crippen molar-refractivity contribution < 1.29 is 9.53 Å². The van der Waals surface area contributed by atoms with Crippen molar-refractivity contribution in [2.75, 3.05) is 10.7 Å². The maximum Gasteiger partial charge on any atom is 0.238 e. The molecule has 0 spiro atoms. The Balaban J connectivity index is 1.57. The molecule has 1 heterocycles.